The van der Waals surface area contributed by atoms with Crippen LogP contribution in [-0.4, -0.2) is 43.4 Å². The largest absolute Gasteiger partial charge is 0.368 e. The highest BCUT2D eigenvalue weighted by Crippen LogP contribution is 2.17. The molecule has 0 radical (unpaired) electrons. The van der Waals surface area contributed by atoms with Crippen LogP contribution in [0.5, 0.6) is 0 Å². The average Bonchev–Trinajstić information content (AvgIpc) is 2.48. The smallest absolute Gasteiger partial charge is 0.237 e. The normalized spacial score (nSPS) is 26.1. The molecule has 0 aromatic carbocycles. The molecule has 1 fully saturated rings. The van der Waals surface area contributed by atoms with Crippen molar-refractivity contribution in [3.8, 4) is 0 Å². The lowest BCUT2D eigenvalue weighted by molar-refractivity contribution is -0.137. The molecule has 1 aliphatic heterocycles. The Kier molecular flexibility index (Phi) is 3.46. The summed E-state index contributed by atoms with van der Waals surface area (Å²) >= 11 is 0. The van der Waals surface area contributed by atoms with E-state index in [9.17, 15) is 9.59 Å². The molecular weight excluding hydrogens is 182 g/mol. The van der Waals surface area contributed by atoms with Gasteiger partial charge in [0.2, 0.25) is 11.8 Å². The van der Waals surface area contributed by atoms with Crippen molar-refractivity contribution in [2.24, 2.45) is 17.6 Å². The molecule has 3 N–H and O–H groups in total. The summed E-state index contributed by atoms with van der Waals surface area (Å²) in [4.78, 5) is 23.8. The lowest BCUT2D eigenvalue weighted by Crippen LogP contribution is -2.40. The molecule has 0 bridgehead atoms. The van der Waals surface area contributed by atoms with Crippen molar-refractivity contribution in [1.29, 1.82) is 0 Å². The first-order valence-electron chi connectivity index (χ1n) is 4.76. The fourth-order valence-electron chi connectivity index (χ4n) is 1.74. The lowest BCUT2D eigenvalue weighted by atomic mass is 9.97. The number of carbonyl (C=O) groups is 2. The zero-order chi connectivity index (χ0) is 10.7. The van der Waals surface area contributed by atoms with Crippen molar-refractivity contribution < 1.29 is 9.59 Å². The van der Waals surface area contributed by atoms with E-state index in [2.05, 4.69) is 5.32 Å². The molecule has 2 amide bonds. The molecule has 0 spiro atoms. The molecule has 1 heterocycles. The quantitative estimate of drug-likeness (QED) is 0.598. The third kappa shape index (κ3) is 2.45. The zero-order valence-electron chi connectivity index (χ0n) is 8.62. The number of primary amides is 1. The molecule has 0 aliphatic carbocycles. The molecule has 0 unspecified atom stereocenters. The van der Waals surface area contributed by atoms with Crippen LogP contribution in [0.25, 0.3) is 0 Å². The van der Waals surface area contributed by atoms with Gasteiger partial charge in [-0.2, -0.15) is 0 Å². The van der Waals surface area contributed by atoms with Crippen LogP contribution in [0.3, 0.4) is 0 Å². The summed E-state index contributed by atoms with van der Waals surface area (Å²) in [5, 5.41) is 3.15. The van der Waals surface area contributed by atoms with E-state index < -0.39 is 5.91 Å². The van der Waals surface area contributed by atoms with E-state index in [1.807, 2.05) is 6.92 Å². The Labute approximate surface area is 83.6 Å². The number of rotatable bonds is 3. The molecule has 0 aromatic rings. The van der Waals surface area contributed by atoms with Gasteiger partial charge in [0.1, 0.15) is 0 Å². The molecule has 14 heavy (non-hydrogen) atoms. The molecule has 1 aliphatic rings. The minimum absolute atomic E-state index is 0.00120. The van der Waals surface area contributed by atoms with E-state index >= 15 is 0 Å². The monoisotopic (exact) mass is 199 g/mol. The van der Waals surface area contributed by atoms with Crippen molar-refractivity contribution in [2.45, 2.75) is 6.92 Å². The van der Waals surface area contributed by atoms with Gasteiger partial charge in [0.05, 0.1) is 12.5 Å². The van der Waals surface area contributed by atoms with Gasteiger partial charge in [0.25, 0.3) is 0 Å². The van der Waals surface area contributed by atoms with Crippen LogP contribution < -0.4 is 11.1 Å². The molecule has 80 valence electrons. The van der Waals surface area contributed by atoms with E-state index in [0.717, 1.165) is 6.54 Å². The van der Waals surface area contributed by atoms with Gasteiger partial charge in [-0.3, -0.25) is 9.59 Å². The summed E-state index contributed by atoms with van der Waals surface area (Å²) < 4.78 is 0. The van der Waals surface area contributed by atoms with Crippen molar-refractivity contribution in [3.63, 3.8) is 0 Å². The Morgan fingerprint density at radius 2 is 2.14 bits per heavy atom. The first kappa shape index (κ1) is 11.0. The highest BCUT2D eigenvalue weighted by atomic mass is 16.2. The van der Waals surface area contributed by atoms with E-state index in [4.69, 9.17) is 5.73 Å². The fourth-order valence-corrected chi connectivity index (χ4v) is 1.74. The van der Waals surface area contributed by atoms with E-state index in [1.54, 1.807) is 7.05 Å². The number of hydrogen-bond donors (Lipinski definition) is 2. The fraction of sp³-hybridized carbons (Fsp3) is 0.778. The average molecular weight is 199 g/mol. The highest BCUT2D eigenvalue weighted by molar-refractivity contribution is 5.85. The maximum absolute atomic E-state index is 11.8. The second kappa shape index (κ2) is 4.41. The lowest BCUT2D eigenvalue weighted by Gasteiger charge is -2.21. The van der Waals surface area contributed by atoms with Crippen LogP contribution in [0.4, 0.5) is 0 Å². The predicted molar refractivity (Wildman–Crippen MR) is 52.4 cm³/mol. The first-order valence-corrected chi connectivity index (χ1v) is 4.76. The third-order valence-electron chi connectivity index (χ3n) is 2.60. The molecule has 1 rings (SSSR count). The van der Waals surface area contributed by atoms with Gasteiger partial charge in [0, 0.05) is 13.6 Å². The Balaban J connectivity index is 2.51. The maximum atomic E-state index is 11.8. The van der Waals surface area contributed by atoms with E-state index in [-0.39, 0.29) is 18.4 Å². The highest BCUT2D eigenvalue weighted by Gasteiger charge is 2.31. The van der Waals surface area contributed by atoms with Crippen LogP contribution in [-0.2, 0) is 9.59 Å². The van der Waals surface area contributed by atoms with Crippen molar-refractivity contribution in [3.05, 3.63) is 0 Å². The van der Waals surface area contributed by atoms with Crippen molar-refractivity contribution in [2.75, 3.05) is 26.7 Å². The molecule has 0 saturated carbocycles. The summed E-state index contributed by atoms with van der Waals surface area (Å²) in [6, 6.07) is 0. The number of carbonyl (C=O) groups excluding carboxylic acids is 2. The van der Waals surface area contributed by atoms with Gasteiger partial charge < -0.3 is 16.0 Å². The van der Waals surface area contributed by atoms with Gasteiger partial charge >= 0.3 is 0 Å². The summed E-state index contributed by atoms with van der Waals surface area (Å²) in [5.41, 5.74) is 5.02. The number of nitrogens with zero attached hydrogens (tertiary/aromatic N) is 1. The number of amides is 2. The topological polar surface area (TPSA) is 75.4 Å². The van der Waals surface area contributed by atoms with Crippen LogP contribution >= 0.6 is 0 Å². The Hall–Kier alpha value is -1.10. The van der Waals surface area contributed by atoms with Crippen LogP contribution in [0.2, 0.25) is 0 Å². The maximum Gasteiger partial charge on any atom is 0.237 e. The van der Waals surface area contributed by atoms with Crippen LogP contribution in [0.15, 0.2) is 0 Å². The van der Waals surface area contributed by atoms with Gasteiger partial charge in [0.15, 0.2) is 0 Å². The van der Waals surface area contributed by atoms with Gasteiger partial charge in [-0.15, -0.1) is 0 Å². The van der Waals surface area contributed by atoms with E-state index in [0.29, 0.717) is 12.5 Å². The third-order valence-corrected chi connectivity index (χ3v) is 2.60. The Morgan fingerprint density at radius 3 is 2.57 bits per heavy atom. The number of hydrogen-bond acceptors (Lipinski definition) is 3. The molecule has 5 nitrogen and oxygen atoms in total. The zero-order valence-corrected chi connectivity index (χ0v) is 8.62. The standard InChI is InChI=1S/C9H17N3O2/c1-6-3-11-4-7(6)9(14)12(2)5-8(10)13/h6-7,11H,3-5H2,1-2H3,(H2,10,13)/t6-,7-/m1/s1. The summed E-state index contributed by atoms with van der Waals surface area (Å²) in [7, 11) is 1.61. The van der Waals surface area contributed by atoms with Gasteiger partial charge in [-0.25, -0.2) is 0 Å². The number of nitrogens with one attached hydrogen (secondary N) is 1. The summed E-state index contributed by atoms with van der Waals surface area (Å²) in [6.45, 7) is 3.59. The molecular formula is C9H17N3O2. The van der Waals surface area contributed by atoms with Crippen LogP contribution in [0.1, 0.15) is 6.92 Å². The SMILES string of the molecule is C[C@@H]1CNC[C@H]1C(=O)N(C)CC(N)=O. The Bertz CT molecular complexity index is 242. The minimum atomic E-state index is -0.473. The van der Waals surface area contributed by atoms with Crippen LogP contribution in [0, 0.1) is 11.8 Å². The second-order valence-corrected chi connectivity index (χ2v) is 3.90. The van der Waals surface area contributed by atoms with Crippen molar-refractivity contribution >= 4 is 11.8 Å². The summed E-state index contributed by atoms with van der Waals surface area (Å²) in [5.74, 6) is -0.155. The first-order chi connectivity index (χ1) is 6.52. The summed E-state index contributed by atoms with van der Waals surface area (Å²) in [6.07, 6.45) is 0. The molecule has 2 atom stereocenters. The number of nitrogens with two attached hydrogens (primary N) is 1. The Morgan fingerprint density at radius 1 is 1.50 bits per heavy atom. The van der Waals surface area contributed by atoms with Crippen molar-refractivity contribution in [1.82, 2.24) is 10.2 Å². The van der Waals surface area contributed by atoms with E-state index in [1.165, 1.54) is 4.90 Å². The minimum Gasteiger partial charge on any atom is -0.368 e. The number of likely N-dealkylation sites (N-methyl/N-ethyl adjacent to an activating group) is 1. The van der Waals surface area contributed by atoms with Gasteiger partial charge in [-0.05, 0) is 12.5 Å². The predicted octanol–water partition coefficient (Wildman–Crippen LogP) is -1.21. The molecule has 5 heteroatoms. The molecule has 0 aromatic heterocycles. The van der Waals surface area contributed by atoms with Gasteiger partial charge in [-0.1, -0.05) is 6.92 Å². The molecule has 1 saturated heterocycles. The second-order valence-electron chi connectivity index (χ2n) is 3.90.